The van der Waals surface area contributed by atoms with Gasteiger partial charge in [-0.15, -0.1) is 0 Å². The number of likely N-dealkylation sites (tertiary alicyclic amines) is 1. The lowest BCUT2D eigenvalue weighted by molar-refractivity contribution is -0.148. The highest BCUT2D eigenvalue weighted by Crippen LogP contribution is 2.30. The van der Waals surface area contributed by atoms with Crippen molar-refractivity contribution in [2.45, 2.75) is 163 Å². The van der Waals surface area contributed by atoms with Crippen molar-refractivity contribution in [3.63, 3.8) is 0 Å². The molecule has 0 aliphatic carbocycles. The molecule has 370 valence electrons. The third-order valence-corrected chi connectivity index (χ3v) is 12.9. The van der Waals surface area contributed by atoms with Crippen LogP contribution in [0.25, 0.3) is 0 Å². The first-order valence-corrected chi connectivity index (χ1v) is 23.7. The number of anilines is 1. The summed E-state index contributed by atoms with van der Waals surface area (Å²) in [5.41, 5.74) is 2.33. The Kier molecular flexibility index (Phi) is 21.4. The van der Waals surface area contributed by atoms with Crippen molar-refractivity contribution in [2.75, 3.05) is 40.2 Å². The van der Waals surface area contributed by atoms with Gasteiger partial charge in [0.25, 0.3) is 0 Å². The Balaban J connectivity index is 1.74. The van der Waals surface area contributed by atoms with E-state index in [4.69, 9.17) is 14.2 Å². The van der Waals surface area contributed by atoms with Crippen LogP contribution in [0.4, 0.5) is 10.5 Å². The van der Waals surface area contributed by atoms with E-state index in [0.29, 0.717) is 24.9 Å². The Morgan fingerprint density at radius 3 is 1.98 bits per heavy atom. The van der Waals surface area contributed by atoms with Gasteiger partial charge in [0.2, 0.25) is 23.6 Å². The van der Waals surface area contributed by atoms with Crippen LogP contribution in [0.2, 0.25) is 0 Å². The molecule has 1 unspecified atom stereocenters. The number of nitrogens with one attached hydrogen (secondary N) is 3. The van der Waals surface area contributed by atoms with E-state index in [9.17, 15) is 29.1 Å². The number of nitrogens with zero attached hydrogens (tertiary/aromatic N) is 3. The number of aliphatic hydroxyl groups is 1. The third-order valence-electron chi connectivity index (χ3n) is 12.9. The molecule has 0 saturated carbocycles. The van der Waals surface area contributed by atoms with E-state index in [-0.39, 0.29) is 60.1 Å². The first-order chi connectivity index (χ1) is 31.0. The number of hydrogen-bond acceptors (Lipinski definition) is 10. The van der Waals surface area contributed by atoms with Gasteiger partial charge in [-0.3, -0.25) is 24.1 Å². The van der Waals surface area contributed by atoms with Crippen LogP contribution in [0.1, 0.15) is 119 Å². The smallest absolute Gasteiger partial charge is 0.410 e. The lowest BCUT2D eigenvalue weighted by Crippen LogP contribution is -2.60. The highest BCUT2D eigenvalue weighted by Gasteiger charge is 2.43. The van der Waals surface area contributed by atoms with Gasteiger partial charge >= 0.3 is 6.09 Å². The summed E-state index contributed by atoms with van der Waals surface area (Å²) >= 11 is 0. The zero-order valence-corrected chi connectivity index (χ0v) is 42.4. The normalized spacial score (nSPS) is 18.3. The van der Waals surface area contributed by atoms with Crippen molar-refractivity contribution in [1.29, 1.82) is 0 Å². The van der Waals surface area contributed by atoms with Gasteiger partial charge in [-0.25, -0.2) is 4.79 Å². The fraction of sp³-hybridized carbons (Fsp3) is 0.667. The molecule has 0 radical (unpaired) electrons. The van der Waals surface area contributed by atoms with Gasteiger partial charge in [0.15, 0.2) is 0 Å². The molecule has 4 N–H and O–H groups in total. The Labute approximate surface area is 395 Å². The molecule has 1 aliphatic rings. The van der Waals surface area contributed by atoms with Crippen LogP contribution in [0.3, 0.4) is 0 Å². The lowest BCUT2D eigenvalue weighted by Gasteiger charge is -2.41. The number of amides is 5. The average molecular weight is 923 g/mol. The van der Waals surface area contributed by atoms with E-state index < -0.39 is 60.4 Å². The second-order valence-corrected chi connectivity index (χ2v) is 19.9. The fourth-order valence-corrected chi connectivity index (χ4v) is 9.06. The molecule has 66 heavy (non-hydrogen) atoms. The molecule has 3 rings (SSSR count). The number of methoxy groups -OCH3 is 2. The van der Waals surface area contributed by atoms with E-state index >= 15 is 0 Å². The van der Waals surface area contributed by atoms with E-state index in [1.165, 1.54) is 19.1 Å². The predicted molar refractivity (Wildman–Crippen MR) is 258 cm³/mol. The van der Waals surface area contributed by atoms with Crippen molar-refractivity contribution in [3.05, 3.63) is 65.7 Å². The highest BCUT2D eigenvalue weighted by atomic mass is 16.6. The summed E-state index contributed by atoms with van der Waals surface area (Å²) in [6.45, 7) is 21.6. The Morgan fingerprint density at radius 2 is 1.45 bits per heavy atom. The molecule has 1 aliphatic heterocycles. The zero-order chi connectivity index (χ0) is 49.6. The molecule has 1 heterocycles. The second kappa shape index (κ2) is 25.4. The van der Waals surface area contributed by atoms with Crippen molar-refractivity contribution in [2.24, 2.45) is 23.7 Å². The van der Waals surface area contributed by atoms with Gasteiger partial charge in [0, 0.05) is 46.1 Å². The second-order valence-electron chi connectivity index (χ2n) is 19.9. The van der Waals surface area contributed by atoms with Gasteiger partial charge < -0.3 is 45.1 Å². The first kappa shape index (κ1) is 55.6. The Morgan fingerprint density at radius 1 is 0.833 bits per heavy atom. The molecule has 1 saturated heterocycles. The van der Waals surface area contributed by atoms with E-state index in [0.717, 1.165) is 17.7 Å². The largest absolute Gasteiger partial charge is 0.445 e. The number of rotatable bonds is 23. The van der Waals surface area contributed by atoms with Crippen LogP contribution in [-0.4, -0.2) is 132 Å². The van der Waals surface area contributed by atoms with Gasteiger partial charge in [0.05, 0.1) is 48.8 Å². The van der Waals surface area contributed by atoms with E-state index in [2.05, 4.69) is 36.7 Å². The minimum absolute atomic E-state index is 0.0197. The summed E-state index contributed by atoms with van der Waals surface area (Å²) in [7, 11) is 6.28. The number of benzene rings is 2. The van der Waals surface area contributed by atoms with Crippen molar-refractivity contribution < 1.29 is 43.3 Å². The molecular weight excluding hydrogens is 841 g/mol. The maximum Gasteiger partial charge on any atom is 0.410 e. The molecule has 15 heteroatoms. The fourth-order valence-electron chi connectivity index (χ4n) is 9.06. The van der Waals surface area contributed by atoms with E-state index in [1.807, 2.05) is 96.1 Å². The number of carbonyl (C=O) groups excluding carboxylic acids is 5. The van der Waals surface area contributed by atoms with Gasteiger partial charge in [-0.05, 0) is 81.5 Å². The quantitative estimate of drug-likeness (QED) is 0.0928. The maximum absolute atomic E-state index is 14.6. The van der Waals surface area contributed by atoms with Crippen LogP contribution in [0.15, 0.2) is 54.6 Å². The summed E-state index contributed by atoms with van der Waals surface area (Å²) in [6, 6.07) is 13.4. The minimum Gasteiger partial charge on any atom is -0.445 e. The molecule has 5 amide bonds. The standard InChI is InChI=1S/C51H82N6O9/c1-16-33(6)44(40(64-14)29-41(58)57-28-20-23-39(57)46(65-15)34(7)47(60)52-35(8)45(59)37-21-18-17-19-22-37)55(12)49(62)42(31(2)3)53-48(61)43(32(4)5)56(13)50(63)66-30-36-24-26-38(27-25-36)54-51(9,10)11/h17-19,21-22,24-27,31-35,39-40,42-46,54,59H,16,20,23,28-30H2,1-15H3,(H,52,60)(H,53,61)/t33-,34+,35+,39-,40?,42-,43-,44-,45+,46+/m0/s1. The maximum atomic E-state index is 14.6. The van der Waals surface area contributed by atoms with Crippen LogP contribution in [-0.2, 0) is 40.0 Å². The van der Waals surface area contributed by atoms with Crippen molar-refractivity contribution in [1.82, 2.24) is 25.3 Å². The van der Waals surface area contributed by atoms with E-state index in [1.54, 1.807) is 37.8 Å². The van der Waals surface area contributed by atoms with Crippen LogP contribution >= 0.6 is 0 Å². The molecule has 0 aromatic heterocycles. The monoisotopic (exact) mass is 923 g/mol. The minimum atomic E-state index is -0.956. The van der Waals surface area contributed by atoms with Crippen LogP contribution in [0.5, 0.6) is 0 Å². The topological polar surface area (TPSA) is 179 Å². The van der Waals surface area contributed by atoms with Crippen molar-refractivity contribution >= 4 is 35.4 Å². The van der Waals surface area contributed by atoms with Gasteiger partial charge in [-0.1, -0.05) is 97.4 Å². The first-order valence-electron chi connectivity index (χ1n) is 23.7. The number of carbonyl (C=O) groups is 5. The zero-order valence-electron chi connectivity index (χ0n) is 42.4. The average Bonchev–Trinajstić information content (AvgIpc) is 3.76. The molecule has 10 atom stereocenters. The van der Waals surface area contributed by atoms with Crippen LogP contribution in [0, 0.1) is 23.7 Å². The molecule has 0 spiro atoms. The number of ether oxygens (including phenoxy) is 3. The molecular formula is C51H82N6O9. The number of likely N-dealkylation sites (N-methyl/N-ethyl adjacent to an activating group) is 2. The molecule has 0 bridgehead atoms. The Bertz CT molecular complexity index is 1860. The summed E-state index contributed by atoms with van der Waals surface area (Å²) in [4.78, 5) is 74.7. The molecule has 1 fully saturated rings. The SMILES string of the molecule is CC[C@H](C)[C@@H](C(CC(=O)N1CCC[C@H]1[C@H](OC)[C@@H](C)C(=O)N[C@H](C)[C@@H](O)c1ccccc1)OC)N(C)C(=O)[C@@H](NC(=O)[C@H](C(C)C)N(C)C(=O)OCc1ccc(NC(C)(C)C)cc1)C(C)C. The van der Waals surface area contributed by atoms with Crippen LogP contribution < -0.4 is 16.0 Å². The summed E-state index contributed by atoms with van der Waals surface area (Å²) in [5.74, 6) is -2.70. The van der Waals surface area contributed by atoms with Crippen molar-refractivity contribution in [3.8, 4) is 0 Å². The molecule has 15 nitrogen and oxygen atoms in total. The predicted octanol–water partition coefficient (Wildman–Crippen LogP) is 6.79. The summed E-state index contributed by atoms with van der Waals surface area (Å²) in [6.07, 6.45) is -0.886. The Hall–Kier alpha value is -4.73. The molecule has 2 aromatic carbocycles. The lowest BCUT2D eigenvalue weighted by atomic mass is 9.89. The number of hydrogen-bond donors (Lipinski definition) is 4. The highest BCUT2D eigenvalue weighted by molar-refractivity contribution is 5.92. The summed E-state index contributed by atoms with van der Waals surface area (Å²) < 4.78 is 17.7. The van der Waals surface area contributed by atoms with Gasteiger partial charge in [-0.2, -0.15) is 0 Å². The third kappa shape index (κ3) is 15.1. The van der Waals surface area contributed by atoms with Gasteiger partial charge in [0.1, 0.15) is 18.7 Å². The molecule has 2 aromatic rings. The number of aliphatic hydroxyl groups excluding tert-OH is 1. The summed E-state index contributed by atoms with van der Waals surface area (Å²) in [5, 5.41) is 20.2.